The van der Waals surface area contributed by atoms with Gasteiger partial charge in [0.05, 0.1) is 0 Å². The second-order valence-corrected chi connectivity index (χ2v) is 13.1. The van der Waals surface area contributed by atoms with Crippen LogP contribution in [0.25, 0.3) is 44.2 Å². The van der Waals surface area contributed by atoms with Crippen LogP contribution in [0.2, 0.25) is 0 Å². The maximum atomic E-state index is 2.44. The summed E-state index contributed by atoms with van der Waals surface area (Å²) in [6.45, 7) is 0. The van der Waals surface area contributed by atoms with Crippen molar-refractivity contribution in [2.24, 2.45) is 5.92 Å². The van der Waals surface area contributed by atoms with E-state index in [0.29, 0.717) is 11.8 Å². The van der Waals surface area contributed by atoms with Crippen molar-refractivity contribution in [3.63, 3.8) is 0 Å². The first-order chi connectivity index (χ1) is 23.8. The molecule has 0 N–H and O–H groups in total. The maximum absolute atomic E-state index is 2.44. The van der Waals surface area contributed by atoms with Crippen LogP contribution < -0.4 is 0 Å². The minimum Gasteiger partial charge on any atom is -0.0760 e. The number of allylic oxidation sites excluding steroid dienone is 9. The van der Waals surface area contributed by atoms with Gasteiger partial charge in [-0.25, -0.2) is 0 Å². The molecule has 0 heterocycles. The highest BCUT2D eigenvalue weighted by atomic mass is 14.4. The van der Waals surface area contributed by atoms with Crippen LogP contribution in [0.1, 0.15) is 41.0 Å². The molecule has 2 unspecified atom stereocenters. The smallest absolute Gasteiger partial charge is 0.0161 e. The molecule has 0 radical (unpaired) electrons. The summed E-state index contributed by atoms with van der Waals surface area (Å²) < 4.78 is 0. The molecule has 6 aromatic carbocycles. The highest BCUT2D eigenvalue weighted by molar-refractivity contribution is 5.94. The first-order valence-corrected chi connectivity index (χ1v) is 17.1. The number of hydrogen-bond acceptors (Lipinski definition) is 0. The first-order valence-electron chi connectivity index (χ1n) is 17.1. The van der Waals surface area contributed by atoms with Crippen molar-refractivity contribution in [2.75, 3.05) is 0 Å². The Bertz CT molecular complexity index is 2300. The summed E-state index contributed by atoms with van der Waals surface area (Å²) >= 11 is 0. The van der Waals surface area contributed by atoms with Gasteiger partial charge in [-0.3, -0.25) is 0 Å². The van der Waals surface area contributed by atoms with Gasteiger partial charge in [0, 0.05) is 11.8 Å². The Kier molecular flexibility index (Phi) is 7.21. The molecule has 0 spiro atoms. The van der Waals surface area contributed by atoms with E-state index in [2.05, 4.69) is 182 Å². The lowest BCUT2D eigenvalue weighted by Crippen LogP contribution is -2.24. The molecule has 0 heteroatoms. The van der Waals surface area contributed by atoms with Crippen LogP contribution in [0.15, 0.2) is 193 Å². The molecule has 9 rings (SSSR count). The van der Waals surface area contributed by atoms with E-state index in [9.17, 15) is 0 Å². The highest BCUT2D eigenvalue weighted by Gasteiger charge is 2.36. The number of hydrogen-bond donors (Lipinski definition) is 0. The van der Waals surface area contributed by atoms with Crippen LogP contribution in [0.5, 0.6) is 0 Å². The number of fused-ring (bicyclic) bond motifs is 3. The van der Waals surface area contributed by atoms with Crippen LogP contribution in [0, 0.1) is 5.92 Å². The average Bonchev–Trinajstić information content (AvgIpc) is 3.17. The van der Waals surface area contributed by atoms with Crippen molar-refractivity contribution in [3.05, 3.63) is 215 Å². The first kappa shape index (κ1) is 28.5. The largest absolute Gasteiger partial charge is 0.0760 e. The van der Waals surface area contributed by atoms with Crippen molar-refractivity contribution in [3.8, 4) is 22.3 Å². The molecule has 3 aliphatic carbocycles. The van der Waals surface area contributed by atoms with E-state index in [1.165, 1.54) is 77.6 Å². The normalized spacial score (nSPS) is 18.2. The molecular formula is C48H36. The minimum atomic E-state index is 0.309. The average molecular weight is 613 g/mol. The van der Waals surface area contributed by atoms with Gasteiger partial charge in [-0.2, -0.15) is 0 Å². The van der Waals surface area contributed by atoms with E-state index in [0.717, 1.165) is 12.8 Å². The van der Waals surface area contributed by atoms with Gasteiger partial charge >= 0.3 is 0 Å². The third kappa shape index (κ3) is 5.02. The van der Waals surface area contributed by atoms with Gasteiger partial charge in [0.1, 0.15) is 0 Å². The lowest BCUT2D eigenvalue weighted by Gasteiger charge is -2.38. The molecule has 0 saturated heterocycles. The molecule has 0 nitrogen and oxygen atoms in total. The molecule has 0 fully saturated rings. The molecule has 0 amide bonds. The Morgan fingerprint density at radius 1 is 0.458 bits per heavy atom. The van der Waals surface area contributed by atoms with E-state index >= 15 is 0 Å². The molecule has 0 bridgehead atoms. The zero-order valence-electron chi connectivity index (χ0n) is 26.9. The Balaban J connectivity index is 1.07. The molecule has 6 aromatic rings. The van der Waals surface area contributed by atoms with E-state index in [1.54, 1.807) is 0 Å². The monoisotopic (exact) mass is 612 g/mol. The third-order valence-corrected chi connectivity index (χ3v) is 10.5. The van der Waals surface area contributed by atoms with Crippen LogP contribution in [0.3, 0.4) is 0 Å². The Hall–Kier alpha value is -5.72. The van der Waals surface area contributed by atoms with Gasteiger partial charge in [0.2, 0.25) is 0 Å². The van der Waals surface area contributed by atoms with Crippen molar-refractivity contribution < 1.29 is 0 Å². The summed E-state index contributed by atoms with van der Waals surface area (Å²) in [4.78, 5) is 0. The van der Waals surface area contributed by atoms with E-state index in [-0.39, 0.29) is 0 Å². The molecule has 0 aromatic heterocycles. The highest BCUT2D eigenvalue weighted by Crippen LogP contribution is 2.52. The number of rotatable bonds is 5. The van der Waals surface area contributed by atoms with Crippen LogP contribution >= 0.6 is 0 Å². The van der Waals surface area contributed by atoms with E-state index in [1.807, 2.05) is 0 Å². The van der Waals surface area contributed by atoms with Crippen LogP contribution in [-0.4, -0.2) is 0 Å². The molecule has 228 valence electrons. The van der Waals surface area contributed by atoms with Gasteiger partial charge in [-0.05, 0) is 84.8 Å². The third-order valence-electron chi connectivity index (χ3n) is 10.5. The predicted molar refractivity (Wildman–Crippen MR) is 204 cm³/mol. The van der Waals surface area contributed by atoms with Crippen molar-refractivity contribution in [2.45, 2.75) is 18.8 Å². The topological polar surface area (TPSA) is 0 Å². The molecule has 2 atom stereocenters. The zero-order chi connectivity index (χ0) is 31.9. The quantitative estimate of drug-likeness (QED) is 0.182. The Labute approximate surface area is 283 Å². The standard InChI is InChI=1S/C48H36/c1-2-11-33(12-3-1)34-21-23-35(24-22-34)36-25-29-39(30-26-36)47-43-16-6-8-18-45(43)48(46-19-9-7-17-44(46)47)40-31-27-38(28-32-40)42-20-10-14-37-13-4-5-15-41(37)42/h1-27,29-31,45,48H,28,32H2. The van der Waals surface area contributed by atoms with Gasteiger partial charge in [-0.15, -0.1) is 0 Å². The molecule has 0 aliphatic heterocycles. The molecule has 48 heavy (non-hydrogen) atoms. The SMILES string of the molecule is C1=CC2=C(c3ccc(-c4ccc(-c5ccccc5)cc4)cc3)c3ccccc3C(C3=CC=C(c4cccc5ccccc45)CC3)C2C=C1. The van der Waals surface area contributed by atoms with Gasteiger partial charge in [0.25, 0.3) is 0 Å². The van der Waals surface area contributed by atoms with Crippen LogP contribution in [0.4, 0.5) is 0 Å². The lowest BCUT2D eigenvalue weighted by atomic mass is 9.65. The van der Waals surface area contributed by atoms with Gasteiger partial charge < -0.3 is 0 Å². The summed E-state index contributed by atoms with van der Waals surface area (Å²) in [6, 6.07) is 53.3. The maximum Gasteiger partial charge on any atom is 0.0161 e. The van der Waals surface area contributed by atoms with E-state index < -0.39 is 0 Å². The van der Waals surface area contributed by atoms with Crippen molar-refractivity contribution in [1.29, 1.82) is 0 Å². The fraction of sp³-hybridized carbons (Fsp3) is 0.0833. The summed E-state index contributed by atoms with van der Waals surface area (Å²) in [5, 5.41) is 2.65. The Morgan fingerprint density at radius 3 is 1.83 bits per heavy atom. The number of benzene rings is 6. The summed E-state index contributed by atoms with van der Waals surface area (Å²) in [7, 11) is 0. The summed E-state index contributed by atoms with van der Waals surface area (Å²) in [6.07, 6.45) is 16.2. The predicted octanol–water partition coefficient (Wildman–Crippen LogP) is 12.6. The Morgan fingerprint density at radius 2 is 1.08 bits per heavy atom. The molecular weight excluding hydrogens is 577 g/mol. The second-order valence-electron chi connectivity index (χ2n) is 13.1. The van der Waals surface area contributed by atoms with Crippen molar-refractivity contribution >= 4 is 21.9 Å². The van der Waals surface area contributed by atoms with Crippen molar-refractivity contribution in [1.82, 2.24) is 0 Å². The second kappa shape index (κ2) is 12.1. The van der Waals surface area contributed by atoms with E-state index in [4.69, 9.17) is 0 Å². The van der Waals surface area contributed by atoms with Gasteiger partial charge in [-0.1, -0.05) is 188 Å². The fourth-order valence-electron chi connectivity index (χ4n) is 8.15. The molecule has 0 saturated carbocycles. The van der Waals surface area contributed by atoms with Gasteiger partial charge in [0.15, 0.2) is 0 Å². The minimum absolute atomic E-state index is 0.309. The lowest BCUT2D eigenvalue weighted by molar-refractivity contribution is 0.613. The molecule has 3 aliphatic rings. The summed E-state index contributed by atoms with van der Waals surface area (Å²) in [5.74, 6) is 0.637. The fourth-order valence-corrected chi connectivity index (χ4v) is 8.15. The summed E-state index contributed by atoms with van der Waals surface area (Å²) in [5.41, 5.74) is 16.2. The van der Waals surface area contributed by atoms with Crippen LogP contribution in [-0.2, 0) is 0 Å². The zero-order valence-corrected chi connectivity index (χ0v) is 26.9.